The monoisotopic (exact) mass is 324 g/mol. The van der Waals surface area contributed by atoms with Gasteiger partial charge in [-0.05, 0) is 34.5 Å². The van der Waals surface area contributed by atoms with Crippen molar-refractivity contribution in [1.82, 2.24) is 4.90 Å². The van der Waals surface area contributed by atoms with E-state index in [0.717, 1.165) is 21.6 Å². The molecule has 1 saturated heterocycles. The van der Waals surface area contributed by atoms with E-state index in [9.17, 15) is 4.79 Å². The molecule has 6 heteroatoms. The first-order valence-electron chi connectivity index (χ1n) is 4.93. The van der Waals surface area contributed by atoms with Crippen LogP contribution in [0.5, 0.6) is 0 Å². The molecule has 0 aromatic carbocycles. The molecule has 16 heavy (non-hydrogen) atoms. The highest BCUT2D eigenvalue weighted by atomic mass is 79.9. The van der Waals surface area contributed by atoms with E-state index >= 15 is 0 Å². The lowest BCUT2D eigenvalue weighted by Crippen LogP contribution is -2.32. The van der Waals surface area contributed by atoms with E-state index in [1.54, 1.807) is 11.3 Å². The van der Waals surface area contributed by atoms with Gasteiger partial charge in [0, 0.05) is 24.0 Å². The first-order chi connectivity index (χ1) is 7.15. The van der Waals surface area contributed by atoms with Crippen LogP contribution < -0.4 is 5.73 Å². The van der Waals surface area contributed by atoms with Crippen molar-refractivity contribution in [2.75, 3.05) is 13.1 Å². The van der Waals surface area contributed by atoms with E-state index in [0.29, 0.717) is 13.0 Å². The van der Waals surface area contributed by atoms with E-state index in [2.05, 4.69) is 15.9 Å². The zero-order valence-corrected chi connectivity index (χ0v) is 11.9. The summed E-state index contributed by atoms with van der Waals surface area (Å²) < 4.78 is 1.07. The molecule has 1 aliphatic rings. The number of carbonyl (C=O) groups excluding carboxylic acids is 1. The van der Waals surface area contributed by atoms with E-state index in [-0.39, 0.29) is 24.4 Å². The average Bonchev–Trinajstić information content (AvgIpc) is 2.75. The highest BCUT2D eigenvalue weighted by Crippen LogP contribution is 2.23. The van der Waals surface area contributed by atoms with E-state index in [1.807, 2.05) is 17.0 Å². The first kappa shape index (κ1) is 14.0. The van der Waals surface area contributed by atoms with Crippen LogP contribution in [0.2, 0.25) is 0 Å². The van der Waals surface area contributed by atoms with Gasteiger partial charge in [-0.25, -0.2) is 0 Å². The lowest BCUT2D eigenvalue weighted by molar-refractivity contribution is -0.129. The van der Waals surface area contributed by atoms with Crippen molar-refractivity contribution >= 4 is 45.6 Å². The van der Waals surface area contributed by atoms with Crippen LogP contribution >= 0.6 is 39.7 Å². The number of carbonyl (C=O) groups is 1. The Labute approximate surface area is 114 Å². The van der Waals surface area contributed by atoms with Crippen LogP contribution in [0.25, 0.3) is 0 Å². The molecule has 1 amide bonds. The normalized spacial score (nSPS) is 19.6. The minimum absolute atomic E-state index is 0. The Balaban J connectivity index is 0.00000128. The Morgan fingerprint density at radius 2 is 2.38 bits per heavy atom. The van der Waals surface area contributed by atoms with Crippen LogP contribution in [0.15, 0.2) is 15.9 Å². The third-order valence-electron chi connectivity index (χ3n) is 2.53. The second-order valence-corrected chi connectivity index (χ2v) is 6.32. The van der Waals surface area contributed by atoms with E-state index < -0.39 is 0 Å². The molecule has 0 radical (unpaired) electrons. The predicted molar refractivity (Wildman–Crippen MR) is 72.1 cm³/mol. The number of nitrogens with two attached hydrogens (primary N) is 1. The van der Waals surface area contributed by atoms with Gasteiger partial charge in [0.2, 0.25) is 5.91 Å². The van der Waals surface area contributed by atoms with Crippen LogP contribution in [0.3, 0.4) is 0 Å². The van der Waals surface area contributed by atoms with Crippen molar-refractivity contribution in [2.45, 2.75) is 18.9 Å². The number of amides is 1. The summed E-state index contributed by atoms with van der Waals surface area (Å²) in [6.45, 7) is 1.53. The number of nitrogens with zero attached hydrogens (tertiary/aromatic N) is 1. The number of rotatable bonds is 2. The third-order valence-corrected chi connectivity index (χ3v) is 4.16. The maximum Gasteiger partial charge on any atom is 0.227 e. The average molecular weight is 326 g/mol. The van der Waals surface area contributed by atoms with Crippen LogP contribution in [0.1, 0.15) is 11.3 Å². The molecule has 2 rings (SSSR count). The van der Waals surface area contributed by atoms with E-state index in [4.69, 9.17) is 5.73 Å². The molecule has 1 aromatic heterocycles. The van der Waals surface area contributed by atoms with Crippen LogP contribution in [-0.2, 0) is 11.2 Å². The molecule has 0 aliphatic carbocycles. The standard InChI is InChI=1S/C10H13BrN2OS.ClH/c11-9-2-1-8(15-9)5-10(14)13-4-3-7(12)6-13;/h1-2,7H,3-6,12H2;1H. The van der Waals surface area contributed by atoms with Gasteiger partial charge in [-0.2, -0.15) is 0 Å². The van der Waals surface area contributed by atoms with Gasteiger partial charge in [0.1, 0.15) is 0 Å². The van der Waals surface area contributed by atoms with Crippen molar-refractivity contribution in [3.63, 3.8) is 0 Å². The summed E-state index contributed by atoms with van der Waals surface area (Å²) in [6, 6.07) is 4.13. The van der Waals surface area contributed by atoms with Gasteiger partial charge in [-0.1, -0.05) is 0 Å². The molecule has 2 N–H and O–H groups in total. The first-order valence-corrected chi connectivity index (χ1v) is 6.53. The van der Waals surface area contributed by atoms with Crippen molar-refractivity contribution in [1.29, 1.82) is 0 Å². The lowest BCUT2D eigenvalue weighted by Gasteiger charge is -2.14. The predicted octanol–water partition coefficient (Wildman–Crippen LogP) is 2.03. The Morgan fingerprint density at radius 3 is 2.88 bits per heavy atom. The second-order valence-electron chi connectivity index (χ2n) is 3.77. The molecular formula is C10H14BrClN2OS. The van der Waals surface area contributed by atoms with Crippen LogP contribution in [0, 0.1) is 0 Å². The zero-order valence-electron chi connectivity index (χ0n) is 8.69. The Hall–Kier alpha value is -0.100. The SMILES string of the molecule is Cl.NC1CCN(C(=O)Cc2ccc(Br)s2)C1. The number of halogens is 2. The summed E-state index contributed by atoms with van der Waals surface area (Å²) in [7, 11) is 0. The van der Waals surface area contributed by atoms with Crippen LogP contribution in [0.4, 0.5) is 0 Å². The van der Waals surface area contributed by atoms with Gasteiger partial charge in [0.25, 0.3) is 0 Å². The molecule has 0 bridgehead atoms. The van der Waals surface area contributed by atoms with Crippen molar-refractivity contribution in [3.05, 3.63) is 20.8 Å². The summed E-state index contributed by atoms with van der Waals surface area (Å²) in [5.41, 5.74) is 5.76. The second kappa shape index (κ2) is 6.00. The van der Waals surface area contributed by atoms with Crippen molar-refractivity contribution in [2.24, 2.45) is 5.73 Å². The summed E-state index contributed by atoms with van der Waals surface area (Å²) in [5.74, 6) is 0.192. The topological polar surface area (TPSA) is 46.3 Å². The summed E-state index contributed by atoms with van der Waals surface area (Å²) in [5, 5.41) is 0. The molecule has 1 aliphatic heterocycles. The number of hydrogen-bond donors (Lipinski definition) is 1. The minimum atomic E-state index is 0. The molecule has 2 heterocycles. The maximum atomic E-state index is 11.8. The minimum Gasteiger partial charge on any atom is -0.341 e. The molecule has 0 spiro atoms. The summed E-state index contributed by atoms with van der Waals surface area (Å²) in [6.07, 6.45) is 1.43. The molecule has 1 fully saturated rings. The fourth-order valence-electron chi connectivity index (χ4n) is 1.72. The zero-order chi connectivity index (χ0) is 10.8. The molecule has 1 aromatic rings. The van der Waals surface area contributed by atoms with E-state index in [1.165, 1.54) is 0 Å². The molecule has 1 unspecified atom stereocenters. The maximum absolute atomic E-state index is 11.8. The summed E-state index contributed by atoms with van der Waals surface area (Å²) >= 11 is 5.00. The number of hydrogen-bond acceptors (Lipinski definition) is 3. The van der Waals surface area contributed by atoms with Gasteiger partial charge < -0.3 is 10.6 Å². The van der Waals surface area contributed by atoms with Gasteiger partial charge in [0.05, 0.1) is 10.2 Å². The Morgan fingerprint density at radius 1 is 1.62 bits per heavy atom. The molecular weight excluding hydrogens is 312 g/mol. The Bertz CT molecular complexity index is 371. The fourth-order valence-corrected chi connectivity index (χ4v) is 3.20. The van der Waals surface area contributed by atoms with Crippen LogP contribution in [-0.4, -0.2) is 29.9 Å². The van der Waals surface area contributed by atoms with Gasteiger partial charge in [0.15, 0.2) is 0 Å². The number of likely N-dealkylation sites (tertiary alicyclic amines) is 1. The largest absolute Gasteiger partial charge is 0.341 e. The highest BCUT2D eigenvalue weighted by Gasteiger charge is 2.23. The molecule has 3 nitrogen and oxygen atoms in total. The quantitative estimate of drug-likeness (QED) is 0.904. The van der Waals surface area contributed by atoms with Gasteiger partial charge in [-0.15, -0.1) is 23.7 Å². The Kier molecular flexibility index (Phi) is 5.24. The lowest BCUT2D eigenvalue weighted by atomic mass is 10.3. The van der Waals surface area contributed by atoms with Gasteiger partial charge in [-0.3, -0.25) is 4.79 Å². The third kappa shape index (κ3) is 3.45. The highest BCUT2D eigenvalue weighted by molar-refractivity contribution is 9.11. The number of thiophene rings is 1. The smallest absolute Gasteiger partial charge is 0.227 e. The molecule has 1 atom stereocenters. The molecule has 90 valence electrons. The molecule has 0 saturated carbocycles. The van der Waals surface area contributed by atoms with Gasteiger partial charge >= 0.3 is 0 Å². The summed E-state index contributed by atoms with van der Waals surface area (Å²) in [4.78, 5) is 14.8. The van der Waals surface area contributed by atoms with Crippen molar-refractivity contribution < 1.29 is 4.79 Å². The fraction of sp³-hybridized carbons (Fsp3) is 0.500. The van der Waals surface area contributed by atoms with Crippen molar-refractivity contribution in [3.8, 4) is 0 Å².